The summed E-state index contributed by atoms with van der Waals surface area (Å²) in [5.74, 6) is 1.30. The predicted molar refractivity (Wildman–Crippen MR) is 160 cm³/mol. The maximum absolute atomic E-state index is 2.62. The van der Waals surface area contributed by atoms with Gasteiger partial charge in [-0.15, -0.1) is 0 Å². The molecule has 0 saturated carbocycles. The van der Waals surface area contributed by atoms with Crippen molar-refractivity contribution in [3.63, 3.8) is 0 Å². The van der Waals surface area contributed by atoms with Crippen LogP contribution in [-0.4, -0.2) is 4.57 Å². The van der Waals surface area contributed by atoms with Crippen molar-refractivity contribution in [1.29, 1.82) is 0 Å². The van der Waals surface area contributed by atoms with Gasteiger partial charge in [0.2, 0.25) is 0 Å². The third-order valence-corrected chi connectivity index (χ3v) is 8.20. The van der Waals surface area contributed by atoms with Crippen LogP contribution >= 0.6 is 0 Å². The van der Waals surface area contributed by atoms with Gasteiger partial charge in [-0.3, -0.25) is 0 Å². The zero-order valence-corrected chi connectivity index (χ0v) is 24.4. The second kappa shape index (κ2) is 9.31. The summed E-state index contributed by atoms with van der Waals surface area (Å²) in [6.45, 7) is 23.3. The minimum Gasteiger partial charge on any atom is -0.224 e. The van der Waals surface area contributed by atoms with Gasteiger partial charge in [-0.05, 0) is 66.8 Å². The lowest BCUT2D eigenvalue weighted by molar-refractivity contribution is -0.467. The largest absolute Gasteiger partial charge is 0.295 e. The van der Waals surface area contributed by atoms with Gasteiger partial charge in [0, 0.05) is 23.3 Å². The van der Waals surface area contributed by atoms with Crippen LogP contribution in [0.3, 0.4) is 0 Å². The van der Waals surface area contributed by atoms with E-state index in [4.69, 9.17) is 0 Å². The number of hydrogen-bond acceptors (Lipinski definition) is 0. The molecule has 5 aromatic rings. The van der Waals surface area contributed by atoms with E-state index >= 15 is 0 Å². The zero-order valence-electron chi connectivity index (χ0n) is 24.4. The highest BCUT2D eigenvalue weighted by molar-refractivity contribution is 6.12. The van der Waals surface area contributed by atoms with Crippen LogP contribution in [-0.2, 0) is 0 Å². The minimum absolute atomic E-state index is 0.336. The number of benzene rings is 3. The second-order valence-corrected chi connectivity index (χ2v) is 12.1. The summed E-state index contributed by atoms with van der Waals surface area (Å²) in [5, 5.41) is 4.13. The number of fused-ring (bicyclic) bond motifs is 6. The Morgan fingerprint density at radius 2 is 1.16 bits per heavy atom. The molecule has 0 spiro atoms. The summed E-state index contributed by atoms with van der Waals surface area (Å²) < 4.78 is 5.23. The molecule has 0 aliphatic heterocycles. The van der Waals surface area contributed by atoms with Gasteiger partial charge in [0.15, 0.2) is 5.69 Å². The maximum Gasteiger partial charge on any atom is 0.295 e. The molecule has 2 nitrogen and oxygen atoms in total. The Kier molecular flexibility index (Phi) is 6.42. The second-order valence-electron chi connectivity index (χ2n) is 12.1. The number of pyridine rings is 1. The summed E-state index contributed by atoms with van der Waals surface area (Å²) >= 11 is 0. The Bertz CT molecular complexity index is 1620. The van der Waals surface area contributed by atoms with Crippen LogP contribution < -0.4 is 4.40 Å². The Hall–Kier alpha value is -3.13. The van der Waals surface area contributed by atoms with Gasteiger partial charge in [0.05, 0.1) is 11.4 Å². The van der Waals surface area contributed by atoms with E-state index < -0.39 is 0 Å². The Balaban J connectivity index is 2.19. The lowest BCUT2D eigenvalue weighted by Gasteiger charge is -2.19. The van der Waals surface area contributed by atoms with Crippen molar-refractivity contribution < 1.29 is 4.40 Å². The van der Waals surface area contributed by atoms with Gasteiger partial charge >= 0.3 is 0 Å². The molecule has 2 aromatic heterocycles. The molecular weight excluding hydrogens is 448 g/mol. The van der Waals surface area contributed by atoms with Crippen LogP contribution in [0.2, 0.25) is 0 Å². The first kappa shape index (κ1) is 25.5. The van der Waals surface area contributed by atoms with Crippen molar-refractivity contribution in [2.45, 2.75) is 93.0 Å². The van der Waals surface area contributed by atoms with Gasteiger partial charge in [-0.2, -0.15) is 4.40 Å². The van der Waals surface area contributed by atoms with Crippen LogP contribution in [0.1, 0.15) is 107 Å². The van der Waals surface area contributed by atoms with Crippen LogP contribution in [0.25, 0.3) is 38.6 Å². The van der Waals surface area contributed by atoms with Crippen LogP contribution in [0.4, 0.5) is 0 Å². The molecule has 0 atom stereocenters. The van der Waals surface area contributed by atoms with Crippen LogP contribution in [0, 0.1) is 13.8 Å². The fraction of sp³-hybridized carbons (Fsp3) is 0.400. The molecule has 37 heavy (non-hydrogen) atoms. The van der Waals surface area contributed by atoms with Crippen molar-refractivity contribution in [2.75, 3.05) is 0 Å². The number of aromatic nitrogens is 2. The van der Waals surface area contributed by atoms with Crippen molar-refractivity contribution in [1.82, 2.24) is 4.57 Å². The number of hydrogen-bond donors (Lipinski definition) is 0. The van der Waals surface area contributed by atoms with Gasteiger partial charge in [0.25, 0.3) is 5.65 Å². The highest BCUT2D eigenvalue weighted by Gasteiger charge is 2.34. The SMILES string of the molecule is Cc1cccc2c1c1cccc(C(C)C)c1c1n(C(C)C)c(C)c(-c3c(C(C)C)cccc3C(C)C)[n+]21. The fourth-order valence-electron chi connectivity index (χ4n) is 6.56. The van der Waals surface area contributed by atoms with Gasteiger partial charge in [-0.1, -0.05) is 90.1 Å². The van der Waals surface area contributed by atoms with E-state index in [-0.39, 0.29) is 0 Å². The van der Waals surface area contributed by atoms with E-state index in [1.54, 1.807) is 0 Å². The van der Waals surface area contributed by atoms with Gasteiger partial charge in [-0.25, -0.2) is 4.57 Å². The average Bonchev–Trinajstić information content (AvgIpc) is 3.15. The number of aryl methyl sites for hydroxylation is 1. The maximum atomic E-state index is 2.62. The molecule has 0 saturated heterocycles. The van der Waals surface area contributed by atoms with Gasteiger partial charge in [0.1, 0.15) is 11.2 Å². The smallest absolute Gasteiger partial charge is 0.224 e. The molecule has 3 aromatic carbocycles. The Morgan fingerprint density at radius 3 is 1.73 bits per heavy atom. The summed E-state index contributed by atoms with van der Waals surface area (Å²) in [6, 6.07) is 21.0. The van der Waals surface area contributed by atoms with Gasteiger partial charge < -0.3 is 0 Å². The topological polar surface area (TPSA) is 9.03 Å². The van der Waals surface area contributed by atoms with Crippen molar-refractivity contribution >= 4 is 27.3 Å². The number of imidazole rings is 1. The molecule has 0 unspecified atom stereocenters. The van der Waals surface area contributed by atoms with E-state index in [0.29, 0.717) is 23.8 Å². The van der Waals surface area contributed by atoms with E-state index in [1.807, 2.05) is 0 Å². The molecule has 0 amide bonds. The van der Waals surface area contributed by atoms with Crippen LogP contribution in [0.5, 0.6) is 0 Å². The highest BCUT2D eigenvalue weighted by atomic mass is 15.2. The normalized spacial score (nSPS) is 12.5. The number of nitrogens with zero attached hydrogens (tertiary/aromatic N) is 2. The Morgan fingerprint density at radius 1 is 0.622 bits per heavy atom. The highest BCUT2D eigenvalue weighted by Crippen LogP contribution is 2.41. The quantitative estimate of drug-likeness (QED) is 0.171. The molecule has 192 valence electrons. The number of rotatable bonds is 5. The third kappa shape index (κ3) is 3.79. The molecule has 0 N–H and O–H groups in total. The lowest BCUT2D eigenvalue weighted by Crippen LogP contribution is -2.26. The summed E-state index contributed by atoms with van der Waals surface area (Å²) in [6.07, 6.45) is 0. The molecular formula is C35H43N2+. The molecule has 0 aliphatic carbocycles. The molecule has 0 radical (unpaired) electrons. The van der Waals surface area contributed by atoms with Crippen molar-refractivity contribution in [2.24, 2.45) is 0 Å². The first-order valence-corrected chi connectivity index (χ1v) is 14.1. The summed E-state index contributed by atoms with van der Waals surface area (Å²) in [4.78, 5) is 0. The molecule has 0 fully saturated rings. The predicted octanol–water partition coefficient (Wildman–Crippen LogP) is 9.77. The fourth-order valence-corrected chi connectivity index (χ4v) is 6.56. The Labute approximate surface area is 223 Å². The zero-order chi connectivity index (χ0) is 26.8. The van der Waals surface area contributed by atoms with E-state index in [1.165, 1.54) is 66.5 Å². The third-order valence-electron chi connectivity index (χ3n) is 8.20. The summed E-state index contributed by atoms with van der Waals surface area (Å²) in [5.41, 5.74) is 12.4. The molecule has 2 heteroatoms. The lowest BCUT2D eigenvalue weighted by atomic mass is 9.86. The molecule has 0 bridgehead atoms. The standard InChI is InChI=1S/C35H43N2/c1-20(2)26-15-12-16-27(21(3)4)32(26)34-25(10)36(23(7)8)35-33-28(22(5)6)17-13-18-29(33)31-24(9)14-11-19-30(31)37(34)35/h11-23H,1-10H3/q+1. The van der Waals surface area contributed by atoms with E-state index in [0.717, 1.165) is 0 Å². The average molecular weight is 492 g/mol. The van der Waals surface area contributed by atoms with E-state index in [2.05, 4.69) is 133 Å². The first-order chi connectivity index (χ1) is 17.6. The summed E-state index contributed by atoms with van der Waals surface area (Å²) in [7, 11) is 0. The molecule has 2 heterocycles. The minimum atomic E-state index is 0.336. The first-order valence-electron chi connectivity index (χ1n) is 14.1. The van der Waals surface area contributed by atoms with Crippen molar-refractivity contribution in [3.05, 3.63) is 82.5 Å². The molecule has 0 aliphatic rings. The van der Waals surface area contributed by atoms with E-state index in [9.17, 15) is 0 Å². The van der Waals surface area contributed by atoms with Crippen molar-refractivity contribution in [3.8, 4) is 11.3 Å². The monoisotopic (exact) mass is 491 g/mol. The van der Waals surface area contributed by atoms with Crippen LogP contribution in [0.15, 0.2) is 54.6 Å². The molecule has 5 rings (SSSR count).